The summed E-state index contributed by atoms with van der Waals surface area (Å²) in [4.78, 5) is 12.8. The zero-order valence-corrected chi connectivity index (χ0v) is 23.0. The van der Waals surface area contributed by atoms with Crippen LogP contribution in [0.4, 0.5) is 0 Å². The number of phenolic OH excluding ortho intramolecular Hbond substituents is 1. The molecule has 0 radical (unpaired) electrons. The summed E-state index contributed by atoms with van der Waals surface area (Å²) in [6.07, 6.45) is -10.9. The molecule has 2 fully saturated rings. The lowest BCUT2D eigenvalue weighted by Crippen LogP contribution is -2.62. The van der Waals surface area contributed by atoms with E-state index in [9.17, 15) is 40.5 Å². The lowest BCUT2D eigenvalue weighted by molar-refractivity contribution is -0.319. The number of aromatic hydroxyl groups is 1. The Morgan fingerprint density at radius 1 is 0.977 bits per heavy atom. The number of aliphatic hydroxyl groups is 6. The second kappa shape index (κ2) is 12.2. The average Bonchev–Trinajstić information content (AvgIpc) is 3.29. The summed E-state index contributed by atoms with van der Waals surface area (Å²) in [5.74, 6) is 0.273. The molecule has 3 aromatic rings. The van der Waals surface area contributed by atoms with Gasteiger partial charge < -0.3 is 68.6 Å². The fourth-order valence-electron chi connectivity index (χ4n) is 4.91. The Morgan fingerprint density at radius 3 is 2.40 bits per heavy atom. The van der Waals surface area contributed by atoms with Crippen LogP contribution in [0.5, 0.6) is 23.0 Å². The molecule has 15 heteroatoms. The molecule has 3 heterocycles. The van der Waals surface area contributed by atoms with Crippen LogP contribution in [0.3, 0.4) is 0 Å². The zero-order valence-electron chi connectivity index (χ0n) is 23.0. The Bertz CT molecular complexity index is 1510. The van der Waals surface area contributed by atoms with Gasteiger partial charge in [-0.3, -0.25) is 4.79 Å². The smallest absolute Gasteiger partial charge is 0.229 e. The van der Waals surface area contributed by atoms with Crippen LogP contribution in [0.2, 0.25) is 0 Å². The van der Waals surface area contributed by atoms with Crippen molar-refractivity contribution in [1.29, 1.82) is 0 Å². The van der Waals surface area contributed by atoms with Crippen molar-refractivity contribution < 1.29 is 68.6 Å². The molecule has 8 atom stereocenters. The zero-order chi connectivity index (χ0) is 31.1. The molecule has 7 N–H and O–H groups in total. The van der Waals surface area contributed by atoms with Gasteiger partial charge in [0.1, 0.15) is 58.2 Å². The van der Waals surface area contributed by atoms with Gasteiger partial charge in [0.2, 0.25) is 6.29 Å². The van der Waals surface area contributed by atoms with E-state index in [1.807, 2.05) is 0 Å². The summed E-state index contributed by atoms with van der Waals surface area (Å²) < 4.78 is 39.0. The van der Waals surface area contributed by atoms with E-state index >= 15 is 0 Å². The van der Waals surface area contributed by atoms with Crippen molar-refractivity contribution in [2.45, 2.75) is 48.7 Å². The van der Waals surface area contributed by atoms with Gasteiger partial charge in [0.05, 0.1) is 34.0 Å². The molecule has 2 aromatic carbocycles. The molecule has 2 aliphatic heterocycles. The first kappa shape index (κ1) is 30.9. The lowest BCUT2D eigenvalue weighted by Gasteiger charge is -2.42. The van der Waals surface area contributed by atoms with Crippen LogP contribution in [0.25, 0.3) is 22.3 Å². The molecule has 0 bridgehead atoms. The minimum atomic E-state index is -2.02. The fraction of sp³-hybridized carbons (Fsp3) is 0.464. The highest BCUT2D eigenvalue weighted by molar-refractivity contribution is 5.86. The number of phenols is 1. The molecule has 1 aromatic heterocycles. The van der Waals surface area contributed by atoms with E-state index in [-0.39, 0.29) is 39.7 Å². The normalized spacial score (nSPS) is 30.8. The van der Waals surface area contributed by atoms with Crippen LogP contribution in [-0.2, 0) is 14.2 Å². The predicted octanol–water partition coefficient (Wildman–Crippen LogP) is -1.17. The Balaban J connectivity index is 1.45. The topological polar surface area (TPSA) is 227 Å². The van der Waals surface area contributed by atoms with Gasteiger partial charge in [-0.25, -0.2) is 0 Å². The molecule has 0 spiro atoms. The van der Waals surface area contributed by atoms with Crippen molar-refractivity contribution >= 4 is 11.0 Å². The molecule has 0 amide bonds. The van der Waals surface area contributed by atoms with Crippen molar-refractivity contribution in [2.24, 2.45) is 0 Å². The first-order valence-corrected chi connectivity index (χ1v) is 13.1. The van der Waals surface area contributed by atoms with Gasteiger partial charge in [0.25, 0.3) is 0 Å². The molecule has 15 nitrogen and oxygen atoms in total. The van der Waals surface area contributed by atoms with Gasteiger partial charge in [0.15, 0.2) is 29.3 Å². The number of rotatable bonds is 9. The van der Waals surface area contributed by atoms with Gasteiger partial charge >= 0.3 is 0 Å². The van der Waals surface area contributed by atoms with Gasteiger partial charge in [-0.15, -0.1) is 0 Å². The third-order valence-electron chi connectivity index (χ3n) is 7.41. The Kier molecular flexibility index (Phi) is 8.80. The lowest BCUT2D eigenvalue weighted by atomic mass is 9.98. The summed E-state index contributed by atoms with van der Waals surface area (Å²) in [5, 5.41) is 71.3. The number of methoxy groups -OCH3 is 2. The molecule has 234 valence electrons. The number of hydrogen-bond acceptors (Lipinski definition) is 15. The van der Waals surface area contributed by atoms with Crippen molar-refractivity contribution in [2.75, 3.05) is 34.0 Å². The van der Waals surface area contributed by atoms with E-state index in [4.69, 9.17) is 32.8 Å². The summed E-state index contributed by atoms with van der Waals surface area (Å²) >= 11 is 0. The predicted molar refractivity (Wildman–Crippen MR) is 144 cm³/mol. The van der Waals surface area contributed by atoms with Crippen molar-refractivity contribution in [3.63, 3.8) is 0 Å². The van der Waals surface area contributed by atoms with Gasteiger partial charge in [-0.1, -0.05) is 0 Å². The summed E-state index contributed by atoms with van der Waals surface area (Å²) in [5.41, 5.74) is -2.05. The van der Waals surface area contributed by atoms with Crippen LogP contribution < -0.4 is 19.6 Å². The number of fused-ring (bicyclic) bond motifs is 1. The van der Waals surface area contributed by atoms with E-state index in [1.165, 1.54) is 50.6 Å². The molecule has 2 saturated heterocycles. The first-order valence-electron chi connectivity index (χ1n) is 13.1. The van der Waals surface area contributed by atoms with Crippen molar-refractivity contribution in [3.8, 4) is 34.3 Å². The maximum absolute atomic E-state index is 12.8. The van der Waals surface area contributed by atoms with Crippen LogP contribution in [0.1, 0.15) is 0 Å². The van der Waals surface area contributed by atoms with Gasteiger partial charge in [0, 0.05) is 23.8 Å². The molecule has 43 heavy (non-hydrogen) atoms. The molecule has 0 aliphatic carbocycles. The van der Waals surface area contributed by atoms with Crippen LogP contribution in [0, 0.1) is 0 Å². The number of benzene rings is 2. The molecule has 0 unspecified atom stereocenters. The van der Waals surface area contributed by atoms with Crippen molar-refractivity contribution in [1.82, 2.24) is 0 Å². The van der Waals surface area contributed by atoms with Gasteiger partial charge in [-0.2, -0.15) is 0 Å². The summed E-state index contributed by atoms with van der Waals surface area (Å²) in [6.45, 7) is -1.99. The highest BCUT2D eigenvalue weighted by atomic mass is 16.8. The van der Waals surface area contributed by atoms with E-state index in [0.717, 1.165) is 0 Å². The van der Waals surface area contributed by atoms with Crippen LogP contribution >= 0.6 is 0 Å². The maximum atomic E-state index is 12.8. The number of aliphatic hydroxyl groups excluding tert-OH is 5. The van der Waals surface area contributed by atoms with E-state index in [1.54, 1.807) is 0 Å². The quantitative estimate of drug-likeness (QED) is 0.152. The Labute approximate surface area is 243 Å². The molecule has 0 saturated carbocycles. The van der Waals surface area contributed by atoms with Gasteiger partial charge in [-0.05, 0) is 18.2 Å². The SMILES string of the molecule is COc1cc(O)c2c(=O)cc(-c3ccc(O[C@@H]4O[C@@H](CO)[C@H](O)[C@H](O)[C@H]4O[C@@H]4OC[C@@](O)(CO)[C@H]4O)c(OC)c3)oc2c1. The molecular formula is C28H32O15. The van der Waals surface area contributed by atoms with E-state index < -0.39 is 74.0 Å². The second-order valence-corrected chi connectivity index (χ2v) is 10.2. The van der Waals surface area contributed by atoms with Crippen LogP contribution in [-0.4, -0.2) is 118 Å². The highest BCUT2D eigenvalue weighted by Gasteiger charge is 2.53. The second-order valence-electron chi connectivity index (χ2n) is 10.2. The Morgan fingerprint density at radius 2 is 1.74 bits per heavy atom. The standard InChI is InChI=1S/C28H32O15/c1-37-13-6-14(31)21-15(32)8-17(40-19(21)7-13)12-3-4-16(18(5-12)38-2)41-26-24(23(34)22(33)20(9-29)42-26)43-27-25(35)28(36,10-30)11-39-27/h3-8,20,22-27,29-31,33-36H,9-11H2,1-2H3/t20-,22-,23-,24+,25-,26+,27-,28-/m0/s1. The van der Waals surface area contributed by atoms with Crippen molar-refractivity contribution in [3.05, 3.63) is 46.6 Å². The molecular weight excluding hydrogens is 576 g/mol. The third kappa shape index (κ3) is 5.74. The summed E-state index contributed by atoms with van der Waals surface area (Å²) in [7, 11) is 2.74. The highest BCUT2D eigenvalue weighted by Crippen LogP contribution is 2.38. The Hall–Kier alpha value is -3.51. The molecule has 2 aliphatic rings. The third-order valence-corrected chi connectivity index (χ3v) is 7.41. The minimum Gasteiger partial charge on any atom is -0.507 e. The van der Waals surface area contributed by atoms with E-state index in [0.29, 0.717) is 5.56 Å². The first-order chi connectivity index (χ1) is 20.5. The van der Waals surface area contributed by atoms with Crippen LogP contribution in [0.15, 0.2) is 45.6 Å². The number of ether oxygens (including phenoxy) is 6. The maximum Gasteiger partial charge on any atom is 0.229 e. The monoisotopic (exact) mass is 608 g/mol. The number of hydrogen-bond donors (Lipinski definition) is 7. The summed E-state index contributed by atoms with van der Waals surface area (Å²) in [6, 6.07) is 8.40. The molecule has 5 rings (SSSR count). The largest absolute Gasteiger partial charge is 0.507 e. The minimum absolute atomic E-state index is 0.0232. The fourth-order valence-corrected chi connectivity index (χ4v) is 4.91. The van der Waals surface area contributed by atoms with E-state index in [2.05, 4.69) is 0 Å². The average molecular weight is 609 g/mol.